The summed E-state index contributed by atoms with van der Waals surface area (Å²) < 4.78 is 7.03. The minimum absolute atomic E-state index is 0.325. The molecular formula is C19H23N7O2. The molecule has 2 heterocycles. The van der Waals surface area contributed by atoms with Crippen LogP contribution in [0.5, 0.6) is 0 Å². The predicted molar refractivity (Wildman–Crippen MR) is 107 cm³/mol. The highest BCUT2D eigenvalue weighted by atomic mass is 16.5. The quantitative estimate of drug-likeness (QED) is 0.382. The Morgan fingerprint density at radius 3 is 2.93 bits per heavy atom. The van der Waals surface area contributed by atoms with Gasteiger partial charge in [-0.2, -0.15) is 0 Å². The standard InChI is InChI=1S/C19H23N7O2/c1-2-28-19(27)14-5-3-6-15(11-14)25-18-16(20)17(23-12-24-18)22-7-4-9-26-10-8-21-13-26/h3,5-6,8,10-13H,2,4,7,9,20H2,1H3,(H2,22,23,24,25). The number of aromatic nitrogens is 4. The van der Waals surface area contributed by atoms with Crippen LogP contribution >= 0.6 is 0 Å². The summed E-state index contributed by atoms with van der Waals surface area (Å²) in [6.07, 6.45) is 7.79. The minimum Gasteiger partial charge on any atom is -0.462 e. The summed E-state index contributed by atoms with van der Waals surface area (Å²) >= 11 is 0. The summed E-state index contributed by atoms with van der Waals surface area (Å²) in [6, 6.07) is 6.97. The monoisotopic (exact) mass is 381 g/mol. The third-order valence-electron chi connectivity index (χ3n) is 3.97. The number of nitrogens with one attached hydrogen (secondary N) is 2. The number of imidazole rings is 1. The van der Waals surface area contributed by atoms with Gasteiger partial charge in [0, 0.05) is 31.2 Å². The largest absolute Gasteiger partial charge is 0.462 e. The number of carbonyl (C=O) groups excluding carboxylic acids is 1. The Kier molecular flexibility index (Phi) is 6.40. The molecule has 4 N–H and O–H groups in total. The van der Waals surface area contributed by atoms with Crippen molar-refractivity contribution in [1.82, 2.24) is 19.5 Å². The van der Waals surface area contributed by atoms with E-state index in [2.05, 4.69) is 25.6 Å². The van der Waals surface area contributed by atoms with Gasteiger partial charge in [-0.05, 0) is 31.5 Å². The Morgan fingerprint density at radius 2 is 2.14 bits per heavy atom. The van der Waals surface area contributed by atoms with Gasteiger partial charge in [-0.3, -0.25) is 0 Å². The molecule has 28 heavy (non-hydrogen) atoms. The van der Waals surface area contributed by atoms with E-state index in [1.54, 1.807) is 37.6 Å². The molecule has 2 aromatic heterocycles. The smallest absolute Gasteiger partial charge is 0.338 e. The van der Waals surface area contributed by atoms with Gasteiger partial charge in [0.15, 0.2) is 11.6 Å². The van der Waals surface area contributed by atoms with Crippen molar-refractivity contribution < 1.29 is 9.53 Å². The van der Waals surface area contributed by atoms with Crippen molar-refractivity contribution in [3.05, 3.63) is 54.9 Å². The molecule has 0 fully saturated rings. The number of nitrogen functional groups attached to an aromatic ring is 1. The van der Waals surface area contributed by atoms with E-state index < -0.39 is 0 Å². The highest BCUT2D eigenvalue weighted by molar-refractivity contribution is 5.91. The summed E-state index contributed by atoms with van der Waals surface area (Å²) in [5.74, 6) is 0.653. The van der Waals surface area contributed by atoms with Gasteiger partial charge in [0.2, 0.25) is 0 Å². The molecular weight excluding hydrogens is 358 g/mol. The van der Waals surface area contributed by atoms with Crippen molar-refractivity contribution in [2.75, 3.05) is 29.5 Å². The maximum absolute atomic E-state index is 11.9. The first-order valence-electron chi connectivity index (χ1n) is 9.01. The number of carbonyl (C=O) groups is 1. The van der Waals surface area contributed by atoms with Crippen LogP contribution in [0.25, 0.3) is 0 Å². The fourth-order valence-corrected chi connectivity index (χ4v) is 2.60. The number of hydrogen-bond donors (Lipinski definition) is 3. The molecule has 0 unspecified atom stereocenters. The molecule has 0 aliphatic heterocycles. The molecule has 0 saturated carbocycles. The summed E-state index contributed by atoms with van der Waals surface area (Å²) in [7, 11) is 0. The van der Waals surface area contributed by atoms with E-state index in [-0.39, 0.29) is 5.97 Å². The zero-order valence-corrected chi connectivity index (χ0v) is 15.6. The summed E-state index contributed by atoms with van der Waals surface area (Å²) in [4.78, 5) is 24.3. The Labute approximate surface area is 163 Å². The fraction of sp³-hybridized carbons (Fsp3) is 0.263. The van der Waals surface area contributed by atoms with Crippen molar-refractivity contribution in [3.8, 4) is 0 Å². The molecule has 0 atom stereocenters. The Hall–Kier alpha value is -3.62. The number of nitrogens with two attached hydrogens (primary N) is 1. The first-order valence-corrected chi connectivity index (χ1v) is 9.01. The van der Waals surface area contributed by atoms with Crippen LogP contribution in [0.4, 0.5) is 23.0 Å². The topological polar surface area (TPSA) is 120 Å². The second-order valence-electron chi connectivity index (χ2n) is 5.99. The van der Waals surface area contributed by atoms with Crippen LogP contribution in [0.2, 0.25) is 0 Å². The van der Waals surface area contributed by atoms with E-state index >= 15 is 0 Å². The van der Waals surface area contributed by atoms with Gasteiger partial charge < -0.3 is 25.7 Å². The molecule has 0 bridgehead atoms. The van der Waals surface area contributed by atoms with Crippen LogP contribution in [0.15, 0.2) is 49.3 Å². The van der Waals surface area contributed by atoms with E-state index in [1.807, 2.05) is 16.8 Å². The molecule has 0 saturated heterocycles. The van der Waals surface area contributed by atoms with Crippen LogP contribution in [-0.4, -0.2) is 38.6 Å². The average Bonchev–Trinajstić information content (AvgIpc) is 3.22. The number of esters is 1. The highest BCUT2D eigenvalue weighted by Crippen LogP contribution is 2.26. The summed E-state index contributed by atoms with van der Waals surface area (Å²) in [6.45, 7) is 3.65. The minimum atomic E-state index is -0.373. The average molecular weight is 381 g/mol. The van der Waals surface area contributed by atoms with Crippen molar-refractivity contribution in [2.24, 2.45) is 0 Å². The predicted octanol–water partition coefficient (Wildman–Crippen LogP) is 2.68. The molecule has 9 nitrogen and oxygen atoms in total. The maximum Gasteiger partial charge on any atom is 0.338 e. The lowest BCUT2D eigenvalue weighted by atomic mass is 10.2. The number of anilines is 4. The Bertz CT molecular complexity index is 912. The van der Waals surface area contributed by atoms with Gasteiger partial charge in [-0.1, -0.05) is 6.07 Å². The van der Waals surface area contributed by atoms with Crippen LogP contribution < -0.4 is 16.4 Å². The van der Waals surface area contributed by atoms with Crippen LogP contribution in [-0.2, 0) is 11.3 Å². The Balaban J connectivity index is 1.62. The number of aryl methyl sites for hydroxylation is 1. The van der Waals surface area contributed by atoms with Crippen LogP contribution in [0.3, 0.4) is 0 Å². The van der Waals surface area contributed by atoms with Gasteiger partial charge in [-0.25, -0.2) is 19.7 Å². The van der Waals surface area contributed by atoms with Gasteiger partial charge >= 0.3 is 5.97 Å². The number of benzene rings is 1. The zero-order valence-electron chi connectivity index (χ0n) is 15.6. The first-order chi connectivity index (χ1) is 13.7. The molecule has 0 aliphatic carbocycles. The highest BCUT2D eigenvalue weighted by Gasteiger charge is 2.10. The third-order valence-corrected chi connectivity index (χ3v) is 3.97. The molecule has 3 rings (SSSR count). The van der Waals surface area contributed by atoms with Gasteiger partial charge in [0.25, 0.3) is 0 Å². The second-order valence-corrected chi connectivity index (χ2v) is 5.99. The van der Waals surface area contributed by atoms with E-state index in [0.717, 1.165) is 13.0 Å². The van der Waals surface area contributed by atoms with E-state index in [1.165, 1.54) is 6.33 Å². The number of ether oxygens (including phenoxy) is 1. The van der Waals surface area contributed by atoms with Crippen molar-refractivity contribution in [1.29, 1.82) is 0 Å². The number of rotatable bonds is 9. The van der Waals surface area contributed by atoms with Gasteiger partial charge in [0.1, 0.15) is 12.0 Å². The van der Waals surface area contributed by atoms with Crippen molar-refractivity contribution in [2.45, 2.75) is 19.9 Å². The summed E-state index contributed by atoms with van der Waals surface area (Å²) in [5.41, 5.74) is 7.74. The van der Waals surface area contributed by atoms with Crippen LogP contribution in [0, 0.1) is 0 Å². The molecule has 0 aliphatic rings. The van der Waals surface area contributed by atoms with Gasteiger partial charge in [-0.15, -0.1) is 0 Å². The van der Waals surface area contributed by atoms with Crippen molar-refractivity contribution in [3.63, 3.8) is 0 Å². The second kappa shape index (κ2) is 9.36. The lowest BCUT2D eigenvalue weighted by molar-refractivity contribution is 0.0526. The SMILES string of the molecule is CCOC(=O)c1cccc(Nc2ncnc(NCCCn3ccnc3)c2N)c1. The number of nitrogens with zero attached hydrogens (tertiary/aromatic N) is 4. The van der Waals surface area contributed by atoms with E-state index in [0.29, 0.717) is 41.7 Å². The molecule has 146 valence electrons. The lowest BCUT2D eigenvalue weighted by Crippen LogP contribution is -2.11. The molecule has 0 amide bonds. The third kappa shape index (κ3) is 4.97. The normalized spacial score (nSPS) is 10.5. The summed E-state index contributed by atoms with van der Waals surface area (Å²) in [5, 5.41) is 6.35. The Morgan fingerprint density at radius 1 is 1.29 bits per heavy atom. The van der Waals surface area contributed by atoms with E-state index in [4.69, 9.17) is 10.5 Å². The van der Waals surface area contributed by atoms with Crippen LogP contribution in [0.1, 0.15) is 23.7 Å². The molecule has 3 aromatic rings. The van der Waals surface area contributed by atoms with E-state index in [9.17, 15) is 4.79 Å². The van der Waals surface area contributed by atoms with Gasteiger partial charge in [0.05, 0.1) is 18.5 Å². The fourth-order valence-electron chi connectivity index (χ4n) is 2.60. The maximum atomic E-state index is 11.9. The lowest BCUT2D eigenvalue weighted by Gasteiger charge is -2.13. The molecule has 9 heteroatoms. The van der Waals surface area contributed by atoms with Crippen molar-refractivity contribution >= 4 is 29.0 Å². The first kappa shape index (κ1) is 19.2. The zero-order chi connectivity index (χ0) is 19.8. The number of hydrogen-bond acceptors (Lipinski definition) is 8. The molecule has 0 radical (unpaired) electrons. The molecule has 1 aromatic carbocycles. The molecule has 0 spiro atoms.